The Balaban J connectivity index is 0.00000625. The van der Waals surface area contributed by atoms with Gasteiger partial charge in [0.15, 0.2) is 0 Å². The van der Waals surface area contributed by atoms with E-state index in [0.717, 1.165) is 12.8 Å². The van der Waals surface area contributed by atoms with Crippen LogP contribution >= 0.6 is 0 Å². The summed E-state index contributed by atoms with van der Waals surface area (Å²) in [6, 6.07) is 6.11. The first-order valence-electron chi connectivity index (χ1n) is 11.1. The zero-order valence-corrected chi connectivity index (χ0v) is 20.6. The van der Waals surface area contributed by atoms with Gasteiger partial charge in [0, 0.05) is 41.7 Å². The van der Waals surface area contributed by atoms with Crippen molar-refractivity contribution in [2.45, 2.75) is 117 Å². The van der Waals surface area contributed by atoms with Gasteiger partial charge in [0.1, 0.15) is 5.75 Å². The molecule has 1 aromatic rings. The van der Waals surface area contributed by atoms with Crippen molar-refractivity contribution < 1.29 is 46.9 Å². The number of rotatable bonds is 16. The quantitative estimate of drug-likeness (QED) is 0.235. The van der Waals surface area contributed by atoms with E-state index in [-0.39, 0.29) is 41.7 Å². The third kappa shape index (κ3) is 12.7. The third-order valence-electron chi connectivity index (χ3n) is 5.33. The Morgan fingerprint density at radius 1 is 0.615 bits per heavy atom. The molecule has 1 aromatic carbocycles. The first-order valence-corrected chi connectivity index (χ1v) is 11.1. The average molecular weight is 487 g/mol. The van der Waals surface area contributed by atoms with Crippen LogP contribution in [0.2, 0.25) is 0 Å². The van der Waals surface area contributed by atoms with Crippen LogP contribution in [-0.4, -0.2) is 5.11 Å². The summed E-state index contributed by atoms with van der Waals surface area (Å²) in [5.74, 6) is 0.520. The Morgan fingerprint density at radius 3 is 1.62 bits per heavy atom. The number of phenolic OH excluding ortho intramolecular Hbond substituents is 1. The summed E-state index contributed by atoms with van der Waals surface area (Å²) in [7, 11) is 0. The van der Waals surface area contributed by atoms with Gasteiger partial charge in [-0.2, -0.15) is 0 Å². The summed E-state index contributed by atoms with van der Waals surface area (Å²) in [5.41, 5.74) is 2.61. The summed E-state index contributed by atoms with van der Waals surface area (Å²) in [6.07, 6.45) is 21.0. The minimum atomic E-state index is 0. The van der Waals surface area contributed by atoms with Gasteiger partial charge in [0.05, 0.1) is 0 Å². The van der Waals surface area contributed by atoms with Crippen molar-refractivity contribution in [3.63, 3.8) is 0 Å². The second kappa shape index (κ2) is 18.7. The van der Waals surface area contributed by atoms with Crippen LogP contribution in [0.3, 0.4) is 0 Å². The van der Waals surface area contributed by atoms with Crippen LogP contribution in [0, 0.1) is 41.7 Å². The van der Waals surface area contributed by atoms with Gasteiger partial charge in [-0.3, -0.25) is 0 Å². The summed E-state index contributed by atoms with van der Waals surface area (Å²) < 4.78 is 0. The fourth-order valence-electron chi connectivity index (χ4n) is 3.68. The number of hydrogen-bond acceptors (Lipinski definition) is 1. The van der Waals surface area contributed by atoms with Crippen molar-refractivity contribution in [3.05, 3.63) is 29.3 Å². The fourth-order valence-corrected chi connectivity index (χ4v) is 3.68. The molecule has 0 aliphatic carbocycles. The molecule has 1 rings (SSSR count). The number of benzene rings is 1. The predicted molar refractivity (Wildman–Crippen MR) is 112 cm³/mol. The minimum Gasteiger partial charge on any atom is -0.508 e. The number of unbranched alkanes of at least 4 members (excludes halogenated alkanes) is 12. The molecular formula is C24H42CeO. The van der Waals surface area contributed by atoms with Gasteiger partial charge in [-0.1, -0.05) is 103 Å². The molecule has 0 fully saturated rings. The van der Waals surface area contributed by atoms with Crippen LogP contribution in [0.1, 0.15) is 115 Å². The molecule has 26 heavy (non-hydrogen) atoms. The maximum absolute atomic E-state index is 10.3. The molecule has 0 bridgehead atoms. The zero-order valence-electron chi connectivity index (χ0n) is 17.5. The zero-order chi connectivity index (χ0) is 18.2. The molecule has 0 atom stereocenters. The van der Waals surface area contributed by atoms with Crippen molar-refractivity contribution in [2.24, 2.45) is 0 Å². The Hall–Kier alpha value is 0.397. The fraction of sp³-hybridized carbons (Fsp3) is 0.750. The van der Waals surface area contributed by atoms with E-state index in [1.54, 1.807) is 0 Å². The van der Waals surface area contributed by atoms with Crippen molar-refractivity contribution in [2.75, 3.05) is 0 Å². The van der Waals surface area contributed by atoms with E-state index >= 15 is 0 Å². The second-order valence-corrected chi connectivity index (χ2v) is 7.66. The van der Waals surface area contributed by atoms with Crippen LogP contribution in [0.15, 0.2) is 18.2 Å². The predicted octanol–water partition coefficient (Wildman–Crippen LogP) is 7.98. The molecule has 0 radical (unpaired) electrons. The van der Waals surface area contributed by atoms with Crippen LogP contribution in [0.25, 0.3) is 0 Å². The monoisotopic (exact) mass is 486 g/mol. The number of aryl methyl sites for hydroxylation is 1. The van der Waals surface area contributed by atoms with E-state index in [1.807, 2.05) is 12.1 Å². The second-order valence-electron chi connectivity index (χ2n) is 7.66. The van der Waals surface area contributed by atoms with Gasteiger partial charge in [-0.05, 0) is 42.9 Å². The Morgan fingerprint density at radius 2 is 1.08 bits per heavy atom. The van der Waals surface area contributed by atoms with Gasteiger partial charge >= 0.3 is 0 Å². The molecule has 0 spiro atoms. The largest absolute Gasteiger partial charge is 0.508 e. The van der Waals surface area contributed by atoms with Crippen LogP contribution in [-0.2, 0) is 12.8 Å². The van der Waals surface area contributed by atoms with Gasteiger partial charge < -0.3 is 5.11 Å². The molecular weight excluding hydrogens is 444 g/mol. The maximum Gasteiger partial charge on any atom is 0.119 e. The molecule has 0 aliphatic heterocycles. The normalized spacial score (nSPS) is 10.7. The first-order chi connectivity index (χ1) is 12.3. The van der Waals surface area contributed by atoms with Crippen LogP contribution in [0.4, 0.5) is 0 Å². The van der Waals surface area contributed by atoms with Gasteiger partial charge in [0.2, 0.25) is 0 Å². The standard InChI is InChI=1S/C24H42O.Ce/c1-3-5-7-9-11-13-15-18-22-19-17-21-24(25)23(22)20-16-14-12-10-8-6-4-2;/h17,19,21,25H,3-16,18,20H2,1-2H3;. The molecule has 1 nitrogen and oxygen atoms in total. The summed E-state index contributed by atoms with van der Waals surface area (Å²) >= 11 is 0. The number of aromatic hydroxyl groups is 1. The van der Waals surface area contributed by atoms with Gasteiger partial charge in [-0.25, -0.2) is 0 Å². The molecule has 0 saturated heterocycles. The summed E-state index contributed by atoms with van der Waals surface area (Å²) in [5, 5.41) is 10.3. The van der Waals surface area contributed by atoms with E-state index in [4.69, 9.17) is 0 Å². The summed E-state index contributed by atoms with van der Waals surface area (Å²) in [6.45, 7) is 4.54. The molecule has 0 heterocycles. The molecule has 0 unspecified atom stereocenters. The van der Waals surface area contributed by atoms with Gasteiger partial charge in [0.25, 0.3) is 0 Å². The van der Waals surface area contributed by atoms with E-state index < -0.39 is 0 Å². The number of phenols is 1. The van der Waals surface area contributed by atoms with E-state index in [2.05, 4.69) is 19.9 Å². The molecule has 0 aliphatic rings. The average Bonchev–Trinajstić information content (AvgIpc) is 2.62. The SMILES string of the molecule is CCCCCCCCCc1cccc(O)c1CCCCCCCCC.[Ce]. The van der Waals surface area contributed by atoms with E-state index in [9.17, 15) is 5.11 Å². The molecule has 0 amide bonds. The molecule has 0 aromatic heterocycles. The molecule has 2 heteroatoms. The molecule has 148 valence electrons. The van der Waals surface area contributed by atoms with Crippen molar-refractivity contribution in [1.82, 2.24) is 0 Å². The third-order valence-corrected chi connectivity index (χ3v) is 5.33. The van der Waals surface area contributed by atoms with Crippen LogP contribution in [0.5, 0.6) is 5.75 Å². The molecule has 0 saturated carbocycles. The smallest absolute Gasteiger partial charge is 0.119 e. The van der Waals surface area contributed by atoms with Gasteiger partial charge in [-0.15, -0.1) is 0 Å². The van der Waals surface area contributed by atoms with E-state index in [1.165, 1.54) is 101 Å². The summed E-state index contributed by atoms with van der Waals surface area (Å²) in [4.78, 5) is 0. The maximum atomic E-state index is 10.3. The van der Waals surface area contributed by atoms with Crippen molar-refractivity contribution in [1.29, 1.82) is 0 Å². The Bertz CT molecular complexity index is 430. The molecule has 1 N–H and O–H groups in total. The Labute approximate surface area is 197 Å². The minimum absolute atomic E-state index is 0. The topological polar surface area (TPSA) is 20.2 Å². The Kier molecular flexibility index (Phi) is 19.0. The number of hydrogen-bond donors (Lipinski definition) is 1. The van der Waals surface area contributed by atoms with Crippen molar-refractivity contribution >= 4 is 0 Å². The van der Waals surface area contributed by atoms with Crippen LogP contribution < -0.4 is 0 Å². The first kappa shape index (κ1) is 26.4. The van der Waals surface area contributed by atoms with Crippen molar-refractivity contribution in [3.8, 4) is 5.75 Å². The van der Waals surface area contributed by atoms with E-state index in [0.29, 0.717) is 5.75 Å².